The van der Waals surface area contributed by atoms with Crippen molar-refractivity contribution in [3.05, 3.63) is 29.6 Å². The minimum Gasteiger partial charge on any atom is -0.379 e. The first-order chi connectivity index (χ1) is 10.3. The van der Waals surface area contributed by atoms with E-state index in [0.717, 1.165) is 57.5 Å². The van der Waals surface area contributed by atoms with Crippen molar-refractivity contribution in [2.24, 2.45) is 4.99 Å². The quantitative estimate of drug-likeness (QED) is 0.424. The topological polar surface area (TPSA) is 61.8 Å². The second-order valence-electron chi connectivity index (χ2n) is 5.18. The fraction of sp³-hybridized carbons (Fsp3) is 0.600. The number of hydrogen-bond acceptors (Lipinski definition) is 4. The first kappa shape index (κ1) is 19.1. The Hall–Kier alpha value is -0.930. The monoisotopic (exact) mass is 419 g/mol. The average molecular weight is 419 g/mol. The maximum Gasteiger partial charge on any atom is 0.191 e. The lowest BCUT2D eigenvalue weighted by atomic mass is 10.2. The van der Waals surface area contributed by atoms with E-state index < -0.39 is 0 Å². The number of halogens is 1. The Morgan fingerprint density at radius 1 is 1.32 bits per heavy atom. The Morgan fingerprint density at radius 2 is 2.09 bits per heavy atom. The van der Waals surface area contributed by atoms with Crippen molar-refractivity contribution in [1.29, 1.82) is 0 Å². The molecule has 1 aromatic heterocycles. The zero-order valence-corrected chi connectivity index (χ0v) is 15.7. The van der Waals surface area contributed by atoms with E-state index in [1.165, 1.54) is 5.56 Å². The van der Waals surface area contributed by atoms with Crippen LogP contribution in [0.5, 0.6) is 0 Å². The first-order valence-corrected chi connectivity index (χ1v) is 7.43. The summed E-state index contributed by atoms with van der Waals surface area (Å²) in [6.07, 6.45) is 3.74. The third-order valence-corrected chi connectivity index (χ3v) is 3.44. The van der Waals surface area contributed by atoms with Gasteiger partial charge in [0.2, 0.25) is 0 Å². The van der Waals surface area contributed by atoms with Crippen molar-refractivity contribution in [3.8, 4) is 0 Å². The van der Waals surface area contributed by atoms with Gasteiger partial charge in [-0.05, 0) is 18.1 Å². The molecule has 0 aliphatic carbocycles. The van der Waals surface area contributed by atoms with Gasteiger partial charge in [-0.25, -0.2) is 0 Å². The molecule has 124 valence electrons. The molecule has 1 aromatic rings. The van der Waals surface area contributed by atoms with Gasteiger partial charge in [-0.2, -0.15) is 0 Å². The molecule has 22 heavy (non-hydrogen) atoms. The summed E-state index contributed by atoms with van der Waals surface area (Å²) in [6, 6.07) is 2.13. The molecule has 0 saturated carbocycles. The summed E-state index contributed by atoms with van der Waals surface area (Å²) in [6.45, 7) is 8.38. The number of nitrogens with zero attached hydrogens (tertiary/aromatic N) is 3. The Morgan fingerprint density at radius 3 is 2.77 bits per heavy atom. The number of ether oxygens (including phenoxy) is 1. The molecule has 6 nitrogen and oxygen atoms in total. The highest BCUT2D eigenvalue weighted by Crippen LogP contribution is 2.00. The van der Waals surface area contributed by atoms with Crippen LogP contribution >= 0.6 is 24.0 Å². The molecule has 0 amide bonds. The second kappa shape index (κ2) is 10.7. The number of rotatable bonds is 5. The minimum atomic E-state index is 0. The molecule has 2 rings (SSSR count). The summed E-state index contributed by atoms with van der Waals surface area (Å²) < 4.78 is 5.34. The molecule has 2 heterocycles. The predicted octanol–water partition coefficient (Wildman–Crippen LogP) is 1.01. The van der Waals surface area contributed by atoms with Crippen LogP contribution in [0.1, 0.15) is 11.1 Å². The third kappa shape index (κ3) is 6.89. The van der Waals surface area contributed by atoms with E-state index in [1.807, 2.05) is 19.3 Å². The molecule has 0 spiro atoms. The van der Waals surface area contributed by atoms with Crippen LogP contribution in [0.15, 0.2) is 23.5 Å². The van der Waals surface area contributed by atoms with Gasteiger partial charge in [0.05, 0.1) is 13.2 Å². The SMILES string of the molecule is CN=C(NCCN1CCOCC1)NCc1cncc(C)c1.I. The molecular formula is C15H26IN5O. The van der Waals surface area contributed by atoms with Crippen molar-refractivity contribution in [3.63, 3.8) is 0 Å². The molecule has 0 bridgehead atoms. The molecule has 2 N–H and O–H groups in total. The van der Waals surface area contributed by atoms with Crippen molar-refractivity contribution in [2.75, 3.05) is 46.4 Å². The molecule has 1 saturated heterocycles. The molecule has 0 radical (unpaired) electrons. The van der Waals surface area contributed by atoms with E-state index in [1.54, 1.807) is 7.05 Å². The van der Waals surface area contributed by atoms with E-state index >= 15 is 0 Å². The number of pyridine rings is 1. The molecule has 0 unspecified atom stereocenters. The summed E-state index contributed by atoms with van der Waals surface area (Å²) in [4.78, 5) is 10.8. The smallest absolute Gasteiger partial charge is 0.191 e. The van der Waals surface area contributed by atoms with Crippen LogP contribution in [0.4, 0.5) is 0 Å². The number of guanidine groups is 1. The van der Waals surface area contributed by atoms with Gasteiger partial charge in [-0.1, -0.05) is 6.07 Å². The van der Waals surface area contributed by atoms with Crippen LogP contribution in [-0.4, -0.2) is 62.3 Å². The third-order valence-electron chi connectivity index (χ3n) is 3.44. The van der Waals surface area contributed by atoms with Crippen LogP contribution in [0, 0.1) is 6.92 Å². The number of hydrogen-bond donors (Lipinski definition) is 2. The Bertz CT molecular complexity index is 463. The van der Waals surface area contributed by atoms with Crippen LogP contribution in [-0.2, 0) is 11.3 Å². The summed E-state index contributed by atoms with van der Waals surface area (Å²) in [5, 5.41) is 6.64. The first-order valence-electron chi connectivity index (χ1n) is 7.43. The number of aliphatic imine (C=N–C) groups is 1. The van der Waals surface area contributed by atoms with Gasteiger partial charge in [0.15, 0.2) is 5.96 Å². The highest BCUT2D eigenvalue weighted by molar-refractivity contribution is 14.0. The molecule has 0 aromatic carbocycles. The summed E-state index contributed by atoms with van der Waals surface area (Å²) >= 11 is 0. The molecule has 1 aliphatic heterocycles. The van der Waals surface area contributed by atoms with Gasteiger partial charge in [0, 0.05) is 52.2 Å². The normalized spacial score (nSPS) is 16.0. The average Bonchev–Trinajstić information content (AvgIpc) is 2.52. The lowest BCUT2D eigenvalue weighted by molar-refractivity contribution is 0.0389. The van der Waals surface area contributed by atoms with E-state index in [4.69, 9.17) is 4.74 Å². The molecule has 7 heteroatoms. The highest BCUT2D eigenvalue weighted by Gasteiger charge is 2.09. The molecule has 0 atom stereocenters. The lowest BCUT2D eigenvalue weighted by Crippen LogP contribution is -2.44. The standard InChI is InChI=1S/C15H25N5O.HI/c1-13-9-14(11-17-10-13)12-19-15(16-2)18-3-4-20-5-7-21-8-6-20;/h9-11H,3-8,12H2,1-2H3,(H2,16,18,19);1H. The number of aryl methyl sites for hydroxylation is 1. The maximum absolute atomic E-state index is 5.34. The van der Waals surface area contributed by atoms with Gasteiger partial charge < -0.3 is 15.4 Å². The zero-order valence-electron chi connectivity index (χ0n) is 13.3. The van der Waals surface area contributed by atoms with Gasteiger partial charge in [-0.15, -0.1) is 24.0 Å². The van der Waals surface area contributed by atoms with Crippen LogP contribution in [0.2, 0.25) is 0 Å². The van der Waals surface area contributed by atoms with E-state index in [0.29, 0.717) is 0 Å². The Kier molecular flexibility index (Phi) is 9.33. The zero-order chi connectivity index (χ0) is 14.9. The Balaban J connectivity index is 0.00000242. The van der Waals surface area contributed by atoms with Crippen LogP contribution < -0.4 is 10.6 Å². The summed E-state index contributed by atoms with van der Waals surface area (Å²) in [5.41, 5.74) is 2.33. The molecule has 1 fully saturated rings. The minimum absolute atomic E-state index is 0. The van der Waals surface area contributed by atoms with E-state index in [9.17, 15) is 0 Å². The largest absolute Gasteiger partial charge is 0.379 e. The van der Waals surface area contributed by atoms with Gasteiger partial charge in [0.25, 0.3) is 0 Å². The van der Waals surface area contributed by atoms with Crippen molar-refractivity contribution < 1.29 is 4.74 Å². The van der Waals surface area contributed by atoms with Crippen molar-refractivity contribution in [2.45, 2.75) is 13.5 Å². The summed E-state index contributed by atoms with van der Waals surface area (Å²) in [5.74, 6) is 0.824. The Labute approximate surface area is 149 Å². The van der Waals surface area contributed by atoms with E-state index in [-0.39, 0.29) is 24.0 Å². The predicted molar refractivity (Wildman–Crippen MR) is 99.8 cm³/mol. The fourth-order valence-corrected chi connectivity index (χ4v) is 2.28. The highest BCUT2D eigenvalue weighted by atomic mass is 127. The lowest BCUT2D eigenvalue weighted by Gasteiger charge is -2.26. The van der Waals surface area contributed by atoms with Gasteiger partial charge in [-0.3, -0.25) is 14.9 Å². The van der Waals surface area contributed by atoms with Gasteiger partial charge >= 0.3 is 0 Å². The summed E-state index contributed by atoms with van der Waals surface area (Å²) in [7, 11) is 1.79. The molecular weight excluding hydrogens is 393 g/mol. The van der Waals surface area contributed by atoms with Crippen molar-refractivity contribution >= 4 is 29.9 Å². The maximum atomic E-state index is 5.34. The molecule has 1 aliphatic rings. The number of nitrogens with one attached hydrogen (secondary N) is 2. The second-order valence-corrected chi connectivity index (χ2v) is 5.18. The van der Waals surface area contributed by atoms with Crippen molar-refractivity contribution in [1.82, 2.24) is 20.5 Å². The van der Waals surface area contributed by atoms with Gasteiger partial charge in [0.1, 0.15) is 0 Å². The fourth-order valence-electron chi connectivity index (χ4n) is 2.28. The number of morpholine rings is 1. The van der Waals surface area contributed by atoms with Crippen LogP contribution in [0.25, 0.3) is 0 Å². The van der Waals surface area contributed by atoms with E-state index in [2.05, 4.69) is 31.6 Å². The number of aromatic nitrogens is 1. The van der Waals surface area contributed by atoms with Crippen LogP contribution in [0.3, 0.4) is 0 Å².